The molecule has 1 aromatic rings. The molecule has 0 amide bonds. The molecule has 0 bridgehead atoms. The minimum Gasteiger partial charge on any atom is -0.494 e. The minimum atomic E-state index is -0.219. The van der Waals surface area contributed by atoms with Crippen molar-refractivity contribution in [1.29, 1.82) is 0 Å². The molecule has 1 saturated carbocycles. The fourth-order valence-electron chi connectivity index (χ4n) is 5.54. The van der Waals surface area contributed by atoms with Crippen molar-refractivity contribution in [3.63, 3.8) is 0 Å². The van der Waals surface area contributed by atoms with Gasteiger partial charge in [0, 0.05) is 11.5 Å². The molecular weight excluding hydrogens is 408 g/mol. The molecule has 3 nitrogen and oxygen atoms in total. The zero-order valence-electron chi connectivity index (χ0n) is 21.6. The van der Waals surface area contributed by atoms with Gasteiger partial charge in [0.15, 0.2) is 6.29 Å². The smallest absolute Gasteiger partial charge is 0.183 e. The average molecular weight is 459 g/mol. The lowest BCUT2D eigenvalue weighted by atomic mass is 9.78. The first-order valence-corrected chi connectivity index (χ1v) is 14.2. The van der Waals surface area contributed by atoms with Crippen LogP contribution in [-0.4, -0.2) is 19.8 Å². The van der Waals surface area contributed by atoms with Crippen molar-refractivity contribution in [2.45, 2.75) is 116 Å². The van der Waals surface area contributed by atoms with E-state index < -0.39 is 0 Å². The van der Waals surface area contributed by atoms with Gasteiger partial charge in [0.2, 0.25) is 0 Å². The van der Waals surface area contributed by atoms with Crippen LogP contribution < -0.4 is 4.74 Å². The minimum absolute atomic E-state index is 0.219. The van der Waals surface area contributed by atoms with E-state index in [-0.39, 0.29) is 6.29 Å². The summed E-state index contributed by atoms with van der Waals surface area (Å²) in [4.78, 5) is 0. The van der Waals surface area contributed by atoms with E-state index in [4.69, 9.17) is 14.2 Å². The van der Waals surface area contributed by atoms with Gasteiger partial charge in [-0.1, -0.05) is 103 Å². The van der Waals surface area contributed by atoms with Crippen molar-refractivity contribution in [2.75, 3.05) is 19.8 Å². The van der Waals surface area contributed by atoms with Crippen LogP contribution in [0.1, 0.15) is 122 Å². The van der Waals surface area contributed by atoms with Crippen LogP contribution >= 0.6 is 0 Å². The Balaban J connectivity index is 1.25. The molecule has 1 saturated heterocycles. The molecule has 1 aliphatic heterocycles. The summed E-state index contributed by atoms with van der Waals surface area (Å²) >= 11 is 0. The van der Waals surface area contributed by atoms with Crippen LogP contribution in [0.3, 0.4) is 0 Å². The third kappa shape index (κ3) is 9.99. The third-order valence-corrected chi connectivity index (χ3v) is 7.79. The summed E-state index contributed by atoms with van der Waals surface area (Å²) in [7, 11) is 0. The molecule has 1 aliphatic carbocycles. The topological polar surface area (TPSA) is 27.7 Å². The molecule has 0 atom stereocenters. The summed E-state index contributed by atoms with van der Waals surface area (Å²) in [6.45, 7) is 7.02. The molecule has 2 fully saturated rings. The van der Waals surface area contributed by atoms with E-state index in [9.17, 15) is 0 Å². The van der Waals surface area contributed by atoms with Gasteiger partial charge in [0.05, 0.1) is 19.8 Å². The number of ether oxygens (including phenoxy) is 3. The second-order valence-corrected chi connectivity index (χ2v) is 10.7. The van der Waals surface area contributed by atoms with Crippen molar-refractivity contribution in [3.8, 4) is 5.75 Å². The molecule has 1 heterocycles. The second kappa shape index (κ2) is 15.8. The van der Waals surface area contributed by atoms with Crippen LogP contribution in [0, 0.1) is 17.8 Å². The van der Waals surface area contributed by atoms with Crippen molar-refractivity contribution in [1.82, 2.24) is 0 Å². The van der Waals surface area contributed by atoms with Crippen LogP contribution in [0.2, 0.25) is 0 Å². The molecular formula is C30H50O3. The highest BCUT2D eigenvalue weighted by atomic mass is 16.7. The first kappa shape index (κ1) is 26.5. The van der Waals surface area contributed by atoms with Crippen molar-refractivity contribution in [3.05, 3.63) is 29.8 Å². The molecule has 0 unspecified atom stereocenters. The van der Waals surface area contributed by atoms with Crippen LogP contribution in [0.25, 0.3) is 0 Å². The van der Waals surface area contributed by atoms with E-state index in [1.807, 2.05) is 0 Å². The third-order valence-electron chi connectivity index (χ3n) is 7.79. The summed E-state index contributed by atoms with van der Waals surface area (Å²) in [5, 5.41) is 0. The molecule has 188 valence electrons. The highest BCUT2D eigenvalue weighted by Gasteiger charge is 2.23. The maximum Gasteiger partial charge on any atom is 0.183 e. The van der Waals surface area contributed by atoms with E-state index in [0.717, 1.165) is 43.0 Å². The first-order chi connectivity index (χ1) is 16.3. The highest BCUT2D eigenvalue weighted by molar-refractivity contribution is 5.28. The quantitative estimate of drug-likeness (QED) is 0.246. The number of rotatable bonds is 15. The van der Waals surface area contributed by atoms with Gasteiger partial charge in [0.1, 0.15) is 5.75 Å². The molecule has 3 heteroatoms. The molecule has 2 aliphatic rings. The maximum absolute atomic E-state index is 6.03. The van der Waals surface area contributed by atoms with E-state index in [0.29, 0.717) is 5.92 Å². The standard InChI is InChI=1S/C30H50O3/c1-3-5-7-9-12-27-23-32-30(33-24-27)28-18-20-29(21-19-28)31-22-10-13-26-16-14-25(15-17-26)11-8-6-4-2/h18-21,25-27,30H,3-17,22-24H2,1-2H3. The van der Waals surface area contributed by atoms with Crippen LogP contribution in [0.4, 0.5) is 0 Å². The van der Waals surface area contributed by atoms with Crippen LogP contribution in [0.15, 0.2) is 24.3 Å². The predicted octanol–water partition coefficient (Wildman–Crippen LogP) is 8.86. The lowest BCUT2D eigenvalue weighted by Gasteiger charge is -2.29. The van der Waals surface area contributed by atoms with Crippen LogP contribution in [-0.2, 0) is 9.47 Å². The van der Waals surface area contributed by atoms with Crippen molar-refractivity contribution < 1.29 is 14.2 Å². The van der Waals surface area contributed by atoms with E-state index in [2.05, 4.69) is 38.1 Å². The fraction of sp³-hybridized carbons (Fsp3) is 0.800. The number of hydrogen-bond acceptors (Lipinski definition) is 3. The molecule has 1 aromatic carbocycles. The van der Waals surface area contributed by atoms with E-state index in [1.165, 1.54) is 96.3 Å². The fourth-order valence-corrected chi connectivity index (χ4v) is 5.54. The van der Waals surface area contributed by atoms with Gasteiger partial charge in [-0.3, -0.25) is 0 Å². The van der Waals surface area contributed by atoms with Gasteiger partial charge < -0.3 is 14.2 Å². The molecule has 0 spiro atoms. The Hall–Kier alpha value is -1.06. The zero-order chi connectivity index (χ0) is 23.1. The van der Waals surface area contributed by atoms with Crippen LogP contribution in [0.5, 0.6) is 5.75 Å². The predicted molar refractivity (Wildman–Crippen MR) is 138 cm³/mol. The monoisotopic (exact) mass is 458 g/mol. The lowest BCUT2D eigenvalue weighted by molar-refractivity contribution is -0.206. The summed E-state index contributed by atoms with van der Waals surface area (Å²) in [6, 6.07) is 8.34. The maximum atomic E-state index is 6.03. The average Bonchev–Trinajstić information content (AvgIpc) is 2.86. The van der Waals surface area contributed by atoms with Gasteiger partial charge >= 0.3 is 0 Å². The molecule has 33 heavy (non-hydrogen) atoms. The molecule has 0 radical (unpaired) electrons. The number of hydrogen-bond donors (Lipinski definition) is 0. The molecule has 0 N–H and O–H groups in total. The molecule has 0 aromatic heterocycles. The Labute approximate surface area is 204 Å². The summed E-state index contributed by atoms with van der Waals surface area (Å²) < 4.78 is 18.0. The normalized spacial score (nSPS) is 25.8. The number of unbranched alkanes of at least 4 members (excludes halogenated alkanes) is 5. The summed E-state index contributed by atoms with van der Waals surface area (Å²) in [6.07, 6.45) is 20.2. The van der Waals surface area contributed by atoms with Crippen molar-refractivity contribution >= 4 is 0 Å². The zero-order valence-corrected chi connectivity index (χ0v) is 21.6. The van der Waals surface area contributed by atoms with E-state index in [1.54, 1.807) is 0 Å². The summed E-state index contributed by atoms with van der Waals surface area (Å²) in [5.41, 5.74) is 1.10. The lowest BCUT2D eigenvalue weighted by Crippen LogP contribution is -2.27. The van der Waals surface area contributed by atoms with Gasteiger partial charge in [-0.05, 0) is 43.2 Å². The van der Waals surface area contributed by atoms with Gasteiger partial charge in [-0.15, -0.1) is 0 Å². The van der Waals surface area contributed by atoms with Gasteiger partial charge in [-0.2, -0.15) is 0 Å². The van der Waals surface area contributed by atoms with Gasteiger partial charge in [-0.25, -0.2) is 0 Å². The Morgan fingerprint density at radius 1 is 0.667 bits per heavy atom. The van der Waals surface area contributed by atoms with Gasteiger partial charge in [0.25, 0.3) is 0 Å². The Kier molecular flexibility index (Phi) is 12.7. The Bertz CT molecular complexity index is 597. The Morgan fingerprint density at radius 2 is 1.21 bits per heavy atom. The largest absolute Gasteiger partial charge is 0.494 e. The molecule has 3 rings (SSSR count). The highest BCUT2D eigenvalue weighted by Crippen LogP contribution is 2.34. The number of benzene rings is 1. The first-order valence-electron chi connectivity index (χ1n) is 14.2. The van der Waals surface area contributed by atoms with Crippen molar-refractivity contribution in [2.24, 2.45) is 17.8 Å². The summed E-state index contributed by atoms with van der Waals surface area (Å²) in [5.74, 6) is 3.45. The SMILES string of the molecule is CCCCCCC1COC(c2ccc(OCCCC3CCC(CCCCC)CC3)cc2)OC1. The Morgan fingerprint density at radius 3 is 1.85 bits per heavy atom. The second-order valence-electron chi connectivity index (χ2n) is 10.7. The van der Waals surface area contributed by atoms with E-state index >= 15 is 0 Å².